The number of hydrogen-bond donors (Lipinski definition) is 1. The Morgan fingerprint density at radius 2 is 1.48 bits per heavy atom. The summed E-state index contributed by atoms with van der Waals surface area (Å²) < 4.78 is 32.5. The highest BCUT2D eigenvalue weighted by molar-refractivity contribution is 5.81. The molecule has 12 heteroatoms. The number of aldehydes is 1. The van der Waals surface area contributed by atoms with E-state index >= 15 is 0 Å². The van der Waals surface area contributed by atoms with Gasteiger partial charge in [0.2, 0.25) is 12.4 Å². The molecule has 1 saturated heterocycles. The van der Waals surface area contributed by atoms with Crippen molar-refractivity contribution in [1.29, 1.82) is 0 Å². The van der Waals surface area contributed by atoms with Crippen LogP contribution in [0.5, 0.6) is 5.75 Å². The normalized spacial score (nSPS) is 24.2. The molecule has 2 rings (SSSR count). The first kappa shape index (κ1) is 25.6. The van der Waals surface area contributed by atoms with Gasteiger partial charge < -0.3 is 34.2 Å². The van der Waals surface area contributed by atoms with E-state index in [2.05, 4.69) is 0 Å². The summed E-state index contributed by atoms with van der Waals surface area (Å²) in [6.07, 6.45) is -6.24. The van der Waals surface area contributed by atoms with E-state index in [1.54, 1.807) is 0 Å². The average Bonchev–Trinajstić information content (AvgIpc) is 2.71. The van der Waals surface area contributed by atoms with Gasteiger partial charge in [-0.2, -0.15) is 0 Å². The molecule has 0 spiro atoms. The minimum Gasteiger partial charge on any atom is -0.463 e. The van der Waals surface area contributed by atoms with Gasteiger partial charge in [-0.05, 0) is 18.2 Å². The monoisotopic (exact) mass is 467 g/mol. The average molecular weight is 467 g/mol. The van der Waals surface area contributed by atoms with Crippen molar-refractivity contribution in [1.82, 2.24) is 0 Å². The third-order valence-electron chi connectivity index (χ3n) is 4.35. The van der Waals surface area contributed by atoms with Crippen molar-refractivity contribution >= 4 is 35.9 Å². The lowest BCUT2D eigenvalue weighted by molar-refractivity contribution is -0.288. The van der Waals surface area contributed by atoms with Crippen molar-refractivity contribution < 1.29 is 52.4 Å². The lowest BCUT2D eigenvalue weighted by Crippen LogP contribution is -2.63. The molecule has 0 saturated carbocycles. The van der Waals surface area contributed by atoms with Crippen LogP contribution in [0.4, 0.5) is 5.69 Å². The molecule has 180 valence electrons. The predicted molar refractivity (Wildman–Crippen MR) is 109 cm³/mol. The van der Waals surface area contributed by atoms with E-state index in [1.165, 1.54) is 18.2 Å². The van der Waals surface area contributed by atoms with Crippen molar-refractivity contribution in [3.8, 4) is 5.75 Å². The highest BCUT2D eigenvalue weighted by atomic mass is 16.7. The first-order valence-corrected chi connectivity index (χ1v) is 9.83. The van der Waals surface area contributed by atoms with Crippen LogP contribution in [0, 0.1) is 0 Å². The molecular weight excluding hydrogens is 442 g/mol. The van der Waals surface area contributed by atoms with Crippen LogP contribution in [0.1, 0.15) is 38.1 Å². The summed E-state index contributed by atoms with van der Waals surface area (Å²) in [5.74, 6) is -2.92. The lowest BCUT2D eigenvalue weighted by atomic mass is 9.98. The Hall–Kier alpha value is -3.67. The SMILES string of the molecule is CC(=O)OC[C@H]1O[C@@H](Oc2ccc(N)cc2C=O)[C@H](OC(C)=O)[C@@H](OC(C)=O)[C@@H]1OC(C)=O. The largest absolute Gasteiger partial charge is 0.463 e. The van der Waals surface area contributed by atoms with E-state index in [4.69, 9.17) is 34.2 Å². The van der Waals surface area contributed by atoms with Crippen LogP contribution >= 0.6 is 0 Å². The molecule has 1 aliphatic heterocycles. The Morgan fingerprint density at radius 1 is 0.909 bits per heavy atom. The molecule has 1 heterocycles. The second kappa shape index (κ2) is 11.3. The summed E-state index contributed by atoms with van der Waals surface area (Å²) in [4.78, 5) is 58.2. The van der Waals surface area contributed by atoms with Crippen LogP contribution in [-0.4, -0.2) is 67.5 Å². The maximum atomic E-state index is 11.8. The van der Waals surface area contributed by atoms with Crippen LogP contribution in [0.25, 0.3) is 0 Å². The first-order valence-electron chi connectivity index (χ1n) is 9.83. The smallest absolute Gasteiger partial charge is 0.303 e. The minimum absolute atomic E-state index is 0.0279. The molecule has 2 N–H and O–H groups in total. The summed E-state index contributed by atoms with van der Waals surface area (Å²) >= 11 is 0. The maximum Gasteiger partial charge on any atom is 0.303 e. The maximum absolute atomic E-state index is 11.8. The van der Waals surface area contributed by atoms with Gasteiger partial charge in [-0.15, -0.1) is 0 Å². The number of nitrogen functional groups attached to an aromatic ring is 1. The first-order chi connectivity index (χ1) is 15.5. The molecule has 0 radical (unpaired) electrons. The van der Waals surface area contributed by atoms with Crippen LogP contribution in [0.3, 0.4) is 0 Å². The molecule has 1 aliphatic rings. The van der Waals surface area contributed by atoms with Gasteiger partial charge in [0, 0.05) is 33.4 Å². The Labute approximate surface area is 189 Å². The number of hydrogen-bond acceptors (Lipinski definition) is 12. The van der Waals surface area contributed by atoms with Gasteiger partial charge in [-0.25, -0.2) is 0 Å². The number of carbonyl (C=O) groups excluding carboxylic acids is 5. The van der Waals surface area contributed by atoms with Gasteiger partial charge in [-0.1, -0.05) is 0 Å². The van der Waals surface area contributed by atoms with Gasteiger partial charge in [0.15, 0.2) is 18.5 Å². The highest BCUT2D eigenvalue weighted by Gasteiger charge is 2.53. The fourth-order valence-corrected chi connectivity index (χ4v) is 3.18. The number of esters is 4. The van der Waals surface area contributed by atoms with Crippen molar-refractivity contribution in [3.63, 3.8) is 0 Å². The molecule has 0 aliphatic carbocycles. The summed E-state index contributed by atoms with van der Waals surface area (Å²) in [5.41, 5.74) is 6.06. The van der Waals surface area contributed by atoms with E-state index in [0.29, 0.717) is 12.0 Å². The minimum atomic E-state index is -1.45. The van der Waals surface area contributed by atoms with Gasteiger partial charge in [0.1, 0.15) is 18.5 Å². The summed E-state index contributed by atoms with van der Waals surface area (Å²) in [5, 5.41) is 0. The Bertz CT molecular complexity index is 915. The summed E-state index contributed by atoms with van der Waals surface area (Å²) in [7, 11) is 0. The van der Waals surface area contributed by atoms with Crippen LogP contribution in [0.2, 0.25) is 0 Å². The topological polar surface area (TPSA) is 167 Å². The molecule has 0 bridgehead atoms. The van der Waals surface area contributed by atoms with E-state index < -0.39 is 61.2 Å². The fourth-order valence-electron chi connectivity index (χ4n) is 3.18. The van der Waals surface area contributed by atoms with Crippen LogP contribution in [0.15, 0.2) is 18.2 Å². The number of benzene rings is 1. The van der Waals surface area contributed by atoms with Crippen LogP contribution < -0.4 is 10.5 Å². The van der Waals surface area contributed by atoms with Gasteiger partial charge in [0.05, 0.1) is 5.56 Å². The zero-order valence-electron chi connectivity index (χ0n) is 18.5. The second-order valence-electron chi connectivity index (χ2n) is 7.10. The summed E-state index contributed by atoms with van der Waals surface area (Å²) in [6.45, 7) is 4.08. The Kier molecular flexibility index (Phi) is 8.74. The van der Waals surface area contributed by atoms with Crippen molar-refractivity contribution in [2.75, 3.05) is 12.3 Å². The van der Waals surface area contributed by atoms with Crippen molar-refractivity contribution in [2.24, 2.45) is 0 Å². The predicted octanol–water partition coefficient (Wildman–Crippen LogP) is 0.543. The number of ether oxygens (including phenoxy) is 6. The summed E-state index contributed by atoms with van der Waals surface area (Å²) in [6, 6.07) is 4.22. The molecule has 1 aromatic carbocycles. The second-order valence-corrected chi connectivity index (χ2v) is 7.10. The zero-order chi connectivity index (χ0) is 24.7. The van der Waals surface area contributed by atoms with E-state index in [1.807, 2.05) is 0 Å². The third-order valence-corrected chi connectivity index (χ3v) is 4.35. The van der Waals surface area contributed by atoms with Crippen molar-refractivity contribution in [3.05, 3.63) is 23.8 Å². The standard InChI is InChI=1S/C21H25NO11/c1-10(24)28-9-17-18(29-11(2)25)19(30-12(3)26)20(31-13(4)27)21(33-17)32-16-6-5-15(22)7-14(16)8-23/h5-8,17-21H,9,22H2,1-4H3/t17-,18-,19+,20-,21-/m1/s1. The number of rotatable bonds is 8. The quantitative estimate of drug-likeness (QED) is 0.244. The van der Waals surface area contributed by atoms with E-state index in [0.717, 1.165) is 27.7 Å². The lowest BCUT2D eigenvalue weighted by Gasteiger charge is -2.44. The third kappa shape index (κ3) is 7.17. The Morgan fingerprint density at radius 3 is 2.03 bits per heavy atom. The Balaban J connectivity index is 2.51. The number of carbonyl (C=O) groups is 5. The van der Waals surface area contributed by atoms with E-state index in [-0.39, 0.29) is 11.3 Å². The molecule has 0 amide bonds. The zero-order valence-corrected chi connectivity index (χ0v) is 18.5. The molecule has 33 heavy (non-hydrogen) atoms. The fraction of sp³-hybridized carbons (Fsp3) is 0.476. The molecule has 0 aromatic heterocycles. The highest BCUT2D eigenvalue weighted by Crippen LogP contribution is 2.32. The number of nitrogens with two attached hydrogens (primary N) is 1. The van der Waals surface area contributed by atoms with Crippen LogP contribution in [-0.2, 0) is 42.9 Å². The molecule has 1 aromatic rings. The molecule has 0 unspecified atom stereocenters. The molecule has 5 atom stereocenters. The van der Waals surface area contributed by atoms with Crippen molar-refractivity contribution in [2.45, 2.75) is 58.4 Å². The number of anilines is 1. The molecule has 1 fully saturated rings. The van der Waals surface area contributed by atoms with Gasteiger partial charge >= 0.3 is 23.9 Å². The van der Waals surface area contributed by atoms with E-state index in [9.17, 15) is 24.0 Å². The molecular formula is C21H25NO11. The molecule has 12 nitrogen and oxygen atoms in total. The van der Waals surface area contributed by atoms with Gasteiger partial charge in [0.25, 0.3) is 0 Å². The van der Waals surface area contributed by atoms with Gasteiger partial charge in [-0.3, -0.25) is 24.0 Å².